The summed E-state index contributed by atoms with van der Waals surface area (Å²) in [4.78, 5) is 42.6. The van der Waals surface area contributed by atoms with Gasteiger partial charge in [-0.25, -0.2) is 4.79 Å². The van der Waals surface area contributed by atoms with Crippen LogP contribution in [0.25, 0.3) is 0 Å². The molecule has 0 radical (unpaired) electrons. The summed E-state index contributed by atoms with van der Waals surface area (Å²) in [6, 6.07) is 11.8. The van der Waals surface area contributed by atoms with E-state index in [1.54, 1.807) is 47.0 Å². The van der Waals surface area contributed by atoms with Gasteiger partial charge in [-0.05, 0) is 32.4 Å². The van der Waals surface area contributed by atoms with E-state index in [4.69, 9.17) is 23.7 Å². The molecule has 0 saturated carbocycles. The van der Waals surface area contributed by atoms with Gasteiger partial charge in [-0.2, -0.15) is 0 Å². The van der Waals surface area contributed by atoms with Crippen LogP contribution in [0.4, 0.5) is 4.79 Å². The van der Waals surface area contributed by atoms with E-state index in [9.17, 15) is 14.4 Å². The fourth-order valence-corrected chi connectivity index (χ4v) is 4.53. The molecule has 0 spiro atoms. The van der Waals surface area contributed by atoms with Gasteiger partial charge in [0.05, 0.1) is 27.8 Å². The van der Waals surface area contributed by atoms with Gasteiger partial charge in [-0.15, -0.1) is 0 Å². The second kappa shape index (κ2) is 14.6. The van der Waals surface area contributed by atoms with Crippen LogP contribution in [0.15, 0.2) is 42.5 Å². The zero-order valence-corrected chi connectivity index (χ0v) is 24.7. The molecule has 11 heteroatoms. The highest BCUT2D eigenvalue weighted by Crippen LogP contribution is 2.40. The number of benzene rings is 2. The second-order valence-electron chi connectivity index (χ2n) is 10.6. The Labute approximate surface area is 241 Å². The van der Waals surface area contributed by atoms with E-state index < -0.39 is 23.7 Å². The predicted octanol–water partition coefficient (Wildman–Crippen LogP) is 3.38. The molecule has 1 atom stereocenters. The van der Waals surface area contributed by atoms with Gasteiger partial charge in [0.2, 0.25) is 11.7 Å². The number of piperazine rings is 1. The average Bonchev–Trinajstić information content (AvgIpc) is 2.95. The Bertz CT molecular complexity index is 1170. The highest BCUT2D eigenvalue weighted by Gasteiger charge is 2.32. The van der Waals surface area contributed by atoms with Crippen LogP contribution in [0.3, 0.4) is 0 Å². The Balaban J connectivity index is 1.64. The fraction of sp³-hybridized carbons (Fsp3) is 0.500. The minimum absolute atomic E-state index is 0.0400. The Morgan fingerprint density at radius 1 is 0.878 bits per heavy atom. The number of rotatable bonds is 11. The summed E-state index contributed by atoms with van der Waals surface area (Å²) in [5, 5.41) is 2.58. The molecule has 0 unspecified atom stereocenters. The first kappa shape index (κ1) is 31.5. The third kappa shape index (κ3) is 9.28. The number of carbonyl (C=O) groups excluding carboxylic acids is 3. The number of nitrogens with zero attached hydrogens (tertiary/aromatic N) is 2. The molecular formula is C30H41N3O8. The molecule has 0 bridgehead atoms. The van der Waals surface area contributed by atoms with E-state index >= 15 is 0 Å². The number of methoxy groups -OCH3 is 3. The Morgan fingerprint density at radius 2 is 1.54 bits per heavy atom. The standard InChI is InChI=1S/C30H41N3O8/c1-30(2,3)41-25(34)18-23(31-29(36)40-20-21-10-8-7-9-11-21)28(35)33-16-14-32(15-17-33)19-22-12-13-24(37-4)27(39-6)26(22)38-5/h7-13,23H,14-20H2,1-6H3,(H,31,36)/t23-/m0/s1. The fourth-order valence-electron chi connectivity index (χ4n) is 4.53. The lowest BCUT2D eigenvalue weighted by atomic mass is 10.1. The largest absolute Gasteiger partial charge is 0.493 e. The Kier molecular flexibility index (Phi) is 11.2. The van der Waals surface area contributed by atoms with Gasteiger partial charge >= 0.3 is 12.1 Å². The van der Waals surface area contributed by atoms with Crippen LogP contribution in [0.2, 0.25) is 0 Å². The maximum atomic E-state index is 13.5. The summed E-state index contributed by atoms with van der Waals surface area (Å²) < 4.78 is 27.2. The Morgan fingerprint density at radius 3 is 2.12 bits per heavy atom. The molecule has 0 aliphatic carbocycles. The molecule has 224 valence electrons. The first-order valence-corrected chi connectivity index (χ1v) is 13.5. The molecule has 1 aliphatic rings. The number of hydrogen-bond donors (Lipinski definition) is 1. The molecule has 41 heavy (non-hydrogen) atoms. The molecule has 2 amide bonds. The molecule has 0 aromatic heterocycles. The summed E-state index contributed by atoms with van der Waals surface area (Å²) in [7, 11) is 4.72. The topological polar surface area (TPSA) is 116 Å². The van der Waals surface area contributed by atoms with Crippen LogP contribution in [0.1, 0.15) is 38.3 Å². The lowest BCUT2D eigenvalue weighted by Crippen LogP contribution is -2.55. The van der Waals surface area contributed by atoms with Crippen molar-refractivity contribution in [3.8, 4) is 17.2 Å². The average molecular weight is 572 g/mol. The monoisotopic (exact) mass is 571 g/mol. The van der Waals surface area contributed by atoms with Crippen molar-refractivity contribution >= 4 is 18.0 Å². The van der Waals surface area contributed by atoms with Crippen LogP contribution >= 0.6 is 0 Å². The number of alkyl carbamates (subject to hydrolysis) is 1. The zero-order chi connectivity index (χ0) is 30.0. The molecule has 1 fully saturated rings. The van der Waals surface area contributed by atoms with E-state index in [0.717, 1.165) is 11.1 Å². The van der Waals surface area contributed by atoms with E-state index in [0.29, 0.717) is 50.0 Å². The second-order valence-corrected chi connectivity index (χ2v) is 10.6. The Hall–Kier alpha value is -3.99. The van der Waals surface area contributed by atoms with Gasteiger partial charge in [0.25, 0.3) is 0 Å². The van der Waals surface area contributed by atoms with Crippen LogP contribution < -0.4 is 19.5 Å². The van der Waals surface area contributed by atoms with E-state index in [-0.39, 0.29) is 18.9 Å². The molecule has 11 nitrogen and oxygen atoms in total. The van der Waals surface area contributed by atoms with Crippen molar-refractivity contribution in [3.63, 3.8) is 0 Å². The van der Waals surface area contributed by atoms with Gasteiger partial charge in [-0.1, -0.05) is 36.4 Å². The van der Waals surface area contributed by atoms with Crippen LogP contribution in [0, 0.1) is 0 Å². The molecular weight excluding hydrogens is 530 g/mol. The summed E-state index contributed by atoms with van der Waals surface area (Å²) in [5.41, 5.74) is 1.01. The van der Waals surface area contributed by atoms with Gasteiger partial charge in [0, 0.05) is 38.3 Å². The van der Waals surface area contributed by atoms with Gasteiger partial charge in [0.1, 0.15) is 18.2 Å². The lowest BCUT2D eigenvalue weighted by molar-refractivity contribution is -0.157. The lowest BCUT2D eigenvalue weighted by Gasteiger charge is -2.36. The third-order valence-electron chi connectivity index (χ3n) is 6.46. The predicted molar refractivity (Wildman–Crippen MR) is 152 cm³/mol. The number of ether oxygens (including phenoxy) is 5. The van der Waals surface area contributed by atoms with Crippen molar-refractivity contribution in [1.82, 2.24) is 15.1 Å². The number of carbonyl (C=O) groups is 3. The van der Waals surface area contributed by atoms with Crippen molar-refractivity contribution in [1.29, 1.82) is 0 Å². The number of nitrogens with one attached hydrogen (secondary N) is 1. The van der Waals surface area contributed by atoms with Crippen molar-refractivity contribution in [3.05, 3.63) is 53.6 Å². The molecule has 1 N–H and O–H groups in total. The van der Waals surface area contributed by atoms with Crippen LogP contribution in [0.5, 0.6) is 17.2 Å². The highest BCUT2D eigenvalue weighted by atomic mass is 16.6. The normalized spacial score (nSPS) is 14.5. The smallest absolute Gasteiger partial charge is 0.408 e. The molecule has 2 aromatic rings. The minimum atomic E-state index is -1.12. The van der Waals surface area contributed by atoms with E-state index in [2.05, 4.69) is 10.2 Å². The quantitative estimate of drug-likeness (QED) is 0.405. The van der Waals surface area contributed by atoms with E-state index in [1.807, 2.05) is 42.5 Å². The summed E-state index contributed by atoms with van der Waals surface area (Å²) in [6.45, 7) is 7.86. The molecule has 1 saturated heterocycles. The molecule has 2 aromatic carbocycles. The van der Waals surface area contributed by atoms with Gasteiger partial charge < -0.3 is 33.9 Å². The van der Waals surface area contributed by atoms with Crippen LogP contribution in [-0.2, 0) is 32.2 Å². The summed E-state index contributed by atoms with van der Waals surface area (Å²) in [6.07, 6.45) is -1.09. The van der Waals surface area contributed by atoms with Crippen LogP contribution in [-0.4, -0.2) is 86.9 Å². The zero-order valence-electron chi connectivity index (χ0n) is 24.7. The number of esters is 1. The minimum Gasteiger partial charge on any atom is -0.493 e. The van der Waals surface area contributed by atoms with Crippen molar-refractivity contribution in [2.45, 2.75) is 52.0 Å². The highest BCUT2D eigenvalue weighted by molar-refractivity contribution is 5.89. The first-order chi connectivity index (χ1) is 19.5. The van der Waals surface area contributed by atoms with Gasteiger partial charge in [-0.3, -0.25) is 14.5 Å². The number of hydrogen-bond acceptors (Lipinski definition) is 9. The van der Waals surface area contributed by atoms with Crippen molar-refractivity contribution in [2.24, 2.45) is 0 Å². The third-order valence-corrected chi connectivity index (χ3v) is 6.46. The van der Waals surface area contributed by atoms with E-state index in [1.165, 1.54) is 0 Å². The molecule has 1 heterocycles. The summed E-state index contributed by atoms with van der Waals surface area (Å²) in [5.74, 6) is 0.751. The SMILES string of the molecule is COc1ccc(CN2CCN(C(=O)[C@H](CC(=O)OC(C)(C)C)NC(=O)OCc3ccccc3)CC2)c(OC)c1OC. The maximum absolute atomic E-state index is 13.5. The molecule has 1 aliphatic heterocycles. The van der Waals surface area contributed by atoms with Gasteiger partial charge in [0.15, 0.2) is 11.5 Å². The molecule has 3 rings (SSSR count). The van der Waals surface area contributed by atoms with Crippen molar-refractivity contribution < 1.29 is 38.1 Å². The maximum Gasteiger partial charge on any atom is 0.408 e. The number of amides is 2. The first-order valence-electron chi connectivity index (χ1n) is 13.5. The van der Waals surface area contributed by atoms with Crippen molar-refractivity contribution in [2.75, 3.05) is 47.5 Å². The summed E-state index contributed by atoms with van der Waals surface area (Å²) >= 11 is 0.